The van der Waals surface area contributed by atoms with Gasteiger partial charge in [0.1, 0.15) is 11.7 Å². The normalized spacial score (nSPS) is 13.7. The number of nitrogens with two attached hydrogens (primary N) is 2. The Morgan fingerprint density at radius 3 is 2.17 bits per heavy atom. The number of carboxylic acid groups (broad SMARTS) is 1. The zero-order valence-corrected chi connectivity index (χ0v) is 19.6. The first-order valence-electron chi connectivity index (χ1n) is 11.1. The number of carbonyl (C=O) groups is 2. The van der Waals surface area contributed by atoms with Crippen LogP contribution < -0.4 is 11.5 Å². The van der Waals surface area contributed by atoms with Crippen molar-refractivity contribution >= 4 is 34.3 Å². The quantitative estimate of drug-likeness (QED) is 0.272. The Balaban J connectivity index is 0.000000795. The van der Waals surface area contributed by atoms with E-state index in [1.807, 2.05) is 59.5 Å². The van der Waals surface area contributed by atoms with Gasteiger partial charge in [-0.3, -0.25) is 25.3 Å². The van der Waals surface area contributed by atoms with Crippen molar-refractivity contribution < 1.29 is 14.7 Å². The number of fused-ring (bicyclic) bond motifs is 1. The molecule has 9 nitrogen and oxygen atoms in total. The molecule has 1 aliphatic heterocycles. The summed E-state index contributed by atoms with van der Waals surface area (Å²) in [6.45, 7) is 4.12. The number of amidine groups is 2. The second kappa shape index (κ2) is 11.3. The number of carbonyl (C=O) groups excluding carboxylic acids is 1. The predicted octanol–water partition coefficient (Wildman–Crippen LogP) is 2.34. The molecule has 3 aromatic rings. The Morgan fingerprint density at radius 2 is 1.51 bits per heavy atom. The Hall–Kier alpha value is -4.24. The van der Waals surface area contributed by atoms with Gasteiger partial charge in [0, 0.05) is 44.2 Å². The summed E-state index contributed by atoms with van der Waals surface area (Å²) in [7, 11) is 0. The molecule has 182 valence electrons. The second-order valence-corrected chi connectivity index (χ2v) is 8.47. The minimum atomic E-state index is -0.833. The summed E-state index contributed by atoms with van der Waals surface area (Å²) in [6, 6.07) is 19.5. The smallest absolute Gasteiger partial charge is 0.300 e. The summed E-state index contributed by atoms with van der Waals surface area (Å²) in [5.41, 5.74) is 14.7. The number of carboxylic acids is 1. The van der Waals surface area contributed by atoms with E-state index in [0.717, 1.165) is 35.4 Å². The van der Waals surface area contributed by atoms with Crippen LogP contribution in [0.5, 0.6) is 0 Å². The van der Waals surface area contributed by atoms with Crippen molar-refractivity contribution in [2.75, 3.05) is 19.6 Å². The van der Waals surface area contributed by atoms with E-state index >= 15 is 0 Å². The number of nitrogen functional groups attached to an aromatic ring is 2. The number of nitrogens with zero attached hydrogens (tertiary/aromatic N) is 2. The van der Waals surface area contributed by atoms with E-state index in [2.05, 4.69) is 11.0 Å². The van der Waals surface area contributed by atoms with Gasteiger partial charge >= 0.3 is 0 Å². The molecular formula is C26H30N6O3. The summed E-state index contributed by atoms with van der Waals surface area (Å²) in [5, 5.41) is 24.7. The van der Waals surface area contributed by atoms with Crippen molar-refractivity contribution in [3.05, 3.63) is 82.9 Å². The van der Waals surface area contributed by atoms with Crippen LogP contribution in [0.4, 0.5) is 0 Å². The maximum atomic E-state index is 12.8. The number of aliphatic carboxylic acids is 1. The molecule has 1 saturated heterocycles. The number of hydrogen-bond acceptors (Lipinski definition) is 5. The third-order valence-electron chi connectivity index (χ3n) is 5.63. The number of amides is 1. The number of rotatable bonds is 6. The molecule has 4 rings (SSSR count). The van der Waals surface area contributed by atoms with Crippen LogP contribution >= 0.6 is 0 Å². The van der Waals surface area contributed by atoms with E-state index in [1.165, 1.54) is 0 Å². The van der Waals surface area contributed by atoms with Crippen molar-refractivity contribution in [1.29, 1.82) is 10.8 Å². The molecule has 0 saturated carbocycles. The van der Waals surface area contributed by atoms with Crippen LogP contribution in [0.2, 0.25) is 0 Å². The van der Waals surface area contributed by atoms with Gasteiger partial charge in [-0.1, -0.05) is 42.5 Å². The topological polar surface area (TPSA) is 161 Å². The van der Waals surface area contributed by atoms with Crippen LogP contribution in [0.15, 0.2) is 60.7 Å². The highest BCUT2D eigenvalue weighted by molar-refractivity contribution is 5.99. The van der Waals surface area contributed by atoms with E-state index in [4.69, 9.17) is 32.2 Å². The van der Waals surface area contributed by atoms with Gasteiger partial charge < -0.3 is 21.5 Å². The molecule has 1 fully saturated rings. The lowest BCUT2D eigenvalue weighted by atomic mass is 10.0. The molecule has 0 aliphatic carbocycles. The highest BCUT2D eigenvalue weighted by Gasteiger charge is 2.24. The molecule has 0 radical (unpaired) electrons. The maximum Gasteiger partial charge on any atom is 0.300 e. The summed E-state index contributed by atoms with van der Waals surface area (Å²) in [5.74, 6) is -0.632. The van der Waals surface area contributed by atoms with Crippen molar-refractivity contribution in [3.8, 4) is 0 Å². The first-order chi connectivity index (χ1) is 16.6. The lowest BCUT2D eigenvalue weighted by molar-refractivity contribution is -0.137. The van der Waals surface area contributed by atoms with Gasteiger partial charge in [-0.05, 0) is 40.1 Å². The van der Waals surface area contributed by atoms with Gasteiger partial charge in [-0.15, -0.1) is 0 Å². The van der Waals surface area contributed by atoms with E-state index in [9.17, 15) is 4.79 Å². The molecule has 0 bridgehead atoms. The molecule has 1 heterocycles. The fourth-order valence-corrected chi connectivity index (χ4v) is 3.94. The average Bonchev–Trinajstić information content (AvgIpc) is 2.80. The van der Waals surface area contributed by atoms with Crippen molar-refractivity contribution in [3.63, 3.8) is 0 Å². The van der Waals surface area contributed by atoms with Crippen LogP contribution in [-0.4, -0.2) is 58.1 Å². The molecule has 7 N–H and O–H groups in total. The summed E-state index contributed by atoms with van der Waals surface area (Å²) < 4.78 is 0. The Morgan fingerprint density at radius 1 is 0.886 bits per heavy atom. The molecule has 1 amide bonds. The van der Waals surface area contributed by atoms with Gasteiger partial charge in [0.25, 0.3) is 5.97 Å². The summed E-state index contributed by atoms with van der Waals surface area (Å²) >= 11 is 0. The summed E-state index contributed by atoms with van der Waals surface area (Å²) in [6.07, 6.45) is 0. The van der Waals surface area contributed by atoms with Crippen LogP contribution in [0, 0.1) is 10.8 Å². The van der Waals surface area contributed by atoms with Gasteiger partial charge in [-0.25, -0.2) is 0 Å². The fraction of sp³-hybridized carbons (Fsp3) is 0.231. The number of nitrogens with one attached hydrogen (secondary N) is 2. The summed E-state index contributed by atoms with van der Waals surface area (Å²) in [4.78, 5) is 25.8. The minimum Gasteiger partial charge on any atom is -0.481 e. The molecule has 3 aromatic carbocycles. The molecule has 9 heteroatoms. The SMILES string of the molecule is CC(=O)O.N=C(N)c1cccc(CN2CCN(Cc3ccc4ccc(C(=N)N)cc4c3)C(=O)C2)c1. The first kappa shape index (κ1) is 25.4. The third-order valence-corrected chi connectivity index (χ3v) is 5.63. The molecule has 0 unspecified atom stereocenters. The monoisotopic (exact) mass is 474 g/mol. The average molecular weight is 475 g/mol. The number of hydrogen-bond donors (Lipinski definition) is 5. The van der Waals surface area contributed by atoms with Crippen molar-refractivity contribution in [1.82, 2.24) is 9.80 Å². The Bertz CT molecular complexity index is 1270. The Labute approximate surface area is 204 Å². The zero-order valence-electron chi connectivity index (χ0n) is 19.6. The van der Waals surface area contributed by atoms with Crippen LogP contribution in [0.25, 0.3) is 10.8 Å². The van der Waals surface area contributed by atoms with E-state index in [0.29, 0.717) is 37.3 Å². The molecule has 0 aromatic heterocycles. The number of benzene rings is 3. The zero-order chi connectivity index (χ0) is 25.5. The van der Waals surface area contributed by atoms with E-state index in [1.54, 1.807) is 0 Å². The maximum absolute atomic E-state index is 12.8. The largest absolute Gasteiger partial charge is 0.481 e. The molecule has 0 atom stereocenters. The highest BCUT2D eigenvalue weighted by atomic mass is 16.4. The van der Waals surface area contributed by atoms with E-state index < -0.39 is 5.97 Å². The van der Waals surface area contributed by atoms with Crippen molar-refractivity contribution in [2.45, 2.75) is 20.0 Å². The van der Waals surface area contributed by atoms with Crippen LogP contribution in [-0.2, 0) is 22.7 Å². The van der Waals surface area contributed by atoms with Gasteiger partial charge in [0.2, 0.25) is 5.91 Å². The number of piperazine rings is 1. The van der Waals surface area contributed by atoms with Crippen LogP contribution in [0.3, 0.4) is 0 Å². The molecule has 35 heavy (non-hydrogen) atoms. The predicted molar refractivity (Wildman–Crippen MR) is 136 cm³/mol. The first-order valence-corrected chi connectivity index (χ1v) is 11.1. The second-order valence-electron chi connectivity index (χ2n) is 8.47. The minimum absolute atomic E-state index is 0.0486. The molecule has 1 aliphatic rings. The third kappa shape index (κ3) is 7.12. The van der Waals surface area contributed by atoms with E-state index in [-0.39, 0.29) is 17.6 Å². The molecular weight excluding hydrogens is 444 g/mol. The van der Waals surface area contributed by atoms with Gasteiger partial charge in [0.05, 0.1) is 6.54 Å². The Kier molecular flexibility index (Phi) is 8.17. The fourth-order valence-electron chi connectivity index (χ4n) is 3.94. The lowest BCUT2D eigenvalue weighted by Gasteiger charge is -2.34. The highest BCUT2D eigenvalue weighted by Crippen LogP contribution is 2.20. The van der Waals surface area contributed by atoms with Crippen molar-refractivity contribution in [2.24, 2.45) is 11.5 Å². The van der Waals surface area contributed by atoms with Gasteiger partial charge in [0.15, 0.2) is 0 Å². The lowest BCUT2D eigenvalue weighted by Crippen LogP contribution is -2.49. The standard InChI is InChI=1S/C24H26N6O.C2H4O2/c25-23(26)19-3-1-2-16(10-19)13-29-8-9-30(22(31)15-29)14-17-4-5-18-6-7-20(24(27)28)12-21(18)11-17;1-2(3)4/h1-7,10-12H,8-9,13-15H2,(H3,25,26)(H3,27,28);1H3,(H,3,4). The molecule has 0 spiro atoms. The van der Waals surface area contributed by atoms with Gasteiger partial charge in [-0.2, -0.15) is 0 Å². The van der Waals surface area contributed by atoms with Crippen LogP contribution in [0.1, 0.15) is 29.2 Å².